The molecule has 5 heteroatoms. The first-order valence-electron chi connectivity index (χ1n) is 7.85. The highest BCUT2D eigenvalue weighted by Crippen LogP contribution is 2.18. The molecule has 2 rings (SSSR count). The normalized spacial score (nSPS) is 18.5. The molecule has 1 fully saturated rings. The Bertz CT molecular complexity index is 487. The SMILES string of the molecule is CSc1cccc(CN(C(=O)C[C@@H]2CNCCO2)C(C)C)c1. The molecule has 1 aliphatic heterocycles. The molecule has 0 aliphatic carbocycles. The van der Waals surface area contributed by atoms with Gasteiger partial charge in [-0.25, -0.2) is 0 Å². The van der Waals surface area contributed by atoms with Crippen LogP contribution >= 0.6 is 11.8 Å². The van der Waals surface area contributed by atoms with Crippen molar-refractivity contribution in [3.8, 4) is 0 Å². The minimum Gasteiger partial charge on any atom is -0.375 e. The fourth-order valence-corrected chi connectivity index (χ4v) is 3.07. The molecule has 1 aromatic carbocycles. The summed E-state index contributed by atoms with van der Waals surface area (Å²) >= 11 is 1.72. The predicted octanol–water partition coefficient (Wildman–Crippen LogP) is 2.52. The average molecular weight is 322 g/mol. The van der Waals surface area contributed by atoms with Crippen LogP contribution in [0.5, 0.6) is 0 Å². The van der Waals surface area contributed by atoms with E-state index in [1.54, 1.807) is 11.8 Å². The van der Waals surface area contributed by atoms with E-state index in [9.17, 15) is 4.79 Å². The lowest BCUT2D eigenvalue weighted by molar-refractivity contribution is -0.137. The molecule has 0 unspecified atom stereocenters. The molecule has 0 spiro atoms. The molecule has 1 heterocycles. The smallest absolute Gasteiger partial charge is 0.225 e. The lowest BCUT2D eigenvalue weighted by atomic mass is 10.1. The van der Waals surface area contributed by atoms with Gasteiger partial charge in [0.1, 0.15) is 0 Å². The summed E-state index contributed by atoms with van der Waals surface area (Å²) in [7, 11) is 0. The molecule has 1 aliphatic rings. The van der Waals surface area contributed by atoms with Crippen molar-refractivity contribution in [1.82, 2.24) is 10.2 Å². The Morgan fingerprint density at radius 1 is 1.50 bits per heavy atom. The number of ether oxygens (including phenoxy) is 1. The Hall–Kier alpha value is -1.04. The van der Waals surface area contributed by atoms with E-state index in [1.807, 2.05) is 4.90 Å². The number of carbonyl (C=O) groups excluding carboxylic acids is 1. The highest BCUT2D eigenvalue weighted by molar-refractivity contribution is 7.98. The fraction of sp³-hybridized carbons (Fsp3) is 0.588. The summed E-state index contributed by atoms with van der Waals surface area (Å²) in [6, 6.07) is 8.57. The number of rotatable bonds is 6. The molecule has 122 valence electrons. The zero-order chi connectivity index (χ0) is 15.9. The van der Waals surface area contributed by atoms with Gasteiger partial charge in [0.15, 0.2) is 0 Å². The van der Waals surface area contributed by atoms with E-state index in [4.69, 9.17) is 4.74 Å². The second-order valence-electron chi connectivity index (χ2n) is 5.87. The third kappa shape index (κ3) is 5.00. The topological polar surface area (TPSA) is 41.6 Å². The molecule has 1 N–H and O–H groups in total. The van der Waals surface area contributed by atoms with Gasteiger partial charge in [0, 0.05) is 30.6 Å². The molecule has 1 amide bonds. The van der Waals surface area contributed by atoms with Gasteiger partial charge in [0.25, 0.3) is 0 Å². The van der Waals surface area contributed by atoms with Gasteiger partial charge in [-0.1, -0.05) is 12.1 Å². The molecular weight excluding hydrogens is 296 g/mol. The average Bonchev–Trinajstić information content (AvgIpc) is 2.53. The van der Waals surface area contributed by atoms with E-state index in [1.165, 1.54) is 10.5 Å². The van der Waals surface area contributed by atoms with Crippen molar-refractivity contribution in [3.63, 3.8) is 0 Å². The van der Waals surface area contributed by atoms with Crippen LogP contribution in [0.3, 0.4) is 0 Å². The number of hydrogen-bond donors (Lipinski definition) is 1. The zero-order valence-electron chi connectivity index (χ0n) is 13.7. The summed E-state index contributed by atoms with van der Waals surface area (Å²) in [6.07, 6.45) is 2.52. The molecule has 0 bridgehead atoms. The molecule has 0 aromatic heterocycles. The van der Waals surface area contributed by atoms with Crippen molar-refractivity contribution in [1.29, 1.82) is 0 Å². The second kappa shape index (κ2) is 8.56. The summed E-state index contributed by atoms with van der Waals surface area (Å²) in [6.45, 7) is 7.12. The van der Waals surface area contributed by atoms with Crippen LogP contribution in [0.2, 0.25) is 0 Å². The predicted molar refractivity (Wildman–Crippen MR) is 91.1 cm³/mol. The minimum absolute atomic E-state index is 0.0000293. The number of morpholine rings is 1. The Morgan fingerprint density at radius 2 is 2.32 bits per heavy atom. The van der Waals surface area contributed by atoms with E-state index in [0.29, 0.717) is 19.6 Å². The first-order valence-corrected chi connectivity index (χ1v) is 9.07. The number of carbonyl (C=O) groups is 1. The van der Waals surface area contributed by atoms with Gasteiger partial charge < -0.3 is 15.0 Å². The maximum atomic E-state index is 12.6. The number of hydrogen-bond acceptors (Lipinski definition) is 4. The second-order valence-corrected chi connectivity index (χ2v) is 6.75. The Kier molecular flexibility index (Phi) is 6.73. The highest BCUT2D eigenvalue weighted by atomic mass is 32.2. The van der Waals surface area contributed by atoms with Gasteiger partial charge in [-0.2, -0.15) is 0 Å². The number of nitrogens with one attached hydrogen (secondary N) is 1. The fourth-order valence-electron chi connectivity index (χ4n) is 2.59. The van der Waals surface area contributed by atoms with Crippen LogP contribution in [0.15, 0.2) is 29.2 Å². The van der Waals surface area contributed by atoms with E-state index < -0.39 is 0 Å². The summed E-state index contributed by atoms with van der Waals surface area (Å²) in [5, 5.41) is 3.27. The van der Waals surface area contributed by atoms with Gasteiger partial charge in [-0.05, 0) is 37.8 Å². The monoisotopic (exact) mass is 322 g/mol. The van der Waals surface area contributed by atoms with E-state index in [0.717, 1.165) is 13.1 Å². The van der Waals surface area contributed by atoms with Crippen molar-refractivity contribution < 1.29 is 9.53 Å². The van der Waals surface area contributed by atoms with Gasteiger partial charge in [-0.3, -0.25) is 4.79 Å². The number of benzene rings is 1. The van der Waals surface area contributed by atoms with Crippen LogP contribution < -0.4 is 5.32 Å². The number of thioether (sulfide) groups is 1. The van der Waals surface area contributed by atoms with Crippen LogP contribution in [0.25, 0.3) is 0 Å². The third-order valence-corrected chi connectivity index (χ3v) is 4.56. The van der Waals surface area contributed by atoms with Crippen LogP contribution in [0.1, 0.15) is 25.8 Å². The van der Waals surface area contributed by atoms with Gasteiger partial charge in [-0.15, -0.1) is 11.8 Å². The standard InChI is InChI=1S/C17H26N2O2S/c1-13(2)19(12-14-5-4-6-16(9-14)22-3)17(20)10-15-11-18-7-8-21-15/h4-6,9,13,15,18H,7-8,10-12H2,1-3H3/t15-/m1/s1. The Morgan fingerprint density at radius 3 is 2.95 bits per heavy atom. The molecular formula is C17H26N2O2S. The molecule has 1 aromatic rings. The largest absolute Gasteiger partial charge is 0.375 e. The third-order valence-electron chi connectivity index (χ3n) is 3.84. The molecule has 4 nitrogen and oxygen atoms in total. The quantitative estimate of drug-likeness (QED) is 0.817. The molecule has 0 radical (unpaired) electrons. The van der Waals surface area contributed by atoms with Gasteiger partial charge >= 0.3 is 0 Å². The summed E-state index contributed by atoms with van der Waals surface area (Å²) in [5.74, 6) is 0.165. The maximum absolute atomic E-state index is 12.6. The lowest BCUT2D eigenvalue weighted by Gasteiger charge is -2.30. The van der Waals surface area contributed by atoms with Crippen LogP contribution in [0.4, 0.5) is 0 Å². The number of nitrogens with zero attached hydrogens (tertiary/aromatic N) is 1. The van der Waals surface area contributed by atoms with Crippen molar-refractivity contribution >= 4 is 17.7 Å². The lowest BCUT2D eigenvalue weighted by Crippen LogP contribution is -2.44. The van der Waals surface area contributed by atoms with Crippen molar-refractivity contribution in [2.45, 2.75) is 43.9 Å². The molecule has 22 heavy (non-hydrogen) atoms. The molecule has 0 saturated carbocycles. The van der Waals surface area contributed by atoms with Crippen LogP contribution in [0, 0.1) is 0 Å². The van der Waals surface area contributed by atoms with E-state index >= 15 is 0 Å². The van der Waals surface area contributed by atoms with Crippen molar-refractivity contribution in [2.24, 2.45) is 0 Å². The van der Waals surface area contributed by atoms with Gasteiger partial charge in [0.2, 0.25) is 5.91 Å². The molecule has 1 atom stereocenters. The molecule has 1 saturated heterocycles. The van der Waals surface area contributed by atoms with Crippen LogP contribution in [-0.2, 0) is 16.1 Å². The maximum Gasteiger partial charge on any atom is 0.225 e. The summed E-state index contributed by atoms with van der Waals surface area (Å²) < 4.78 is 5.65. The summed E-state index contributed by atoms with van der Waals surface area (Å²) in [5.41, 5.74) is 1.18. The highest BCUT2D eigenvalue weighted by Gasteiger charge is 2.23. The first kappa shape index (κ1) is 17.3. The Labute approximate surface area is 137 Å². The van der Waals surface area contributed by atoms with Gasteiger partial charge in [0.05, 0.1) is 19.1 Å². The number of amides is 1. The van der Waals surface area contributed by atoms with Crippen molar-refractivity contribution in [2.75, 3.05) is 26.0 Å². The first-order chi connectivity index (χ1) is 10.6. The summed E-state index contributed by atoms with van der Waals surface area (Å²) in [4.78, 5) is 15.8. The zero-order valence-corrected chi connectivity index (χ0v) is 14.5. The van der Waals surface area contributed by atoms with Crippen molar-refractivity contribution in [3.05, 3.63) is 29.8 Å². The minimum atomic E-state index is 0.0000293. The van der Waals surface area contributed by atoms with E-state index in [2.05, 4.69) is 49.7 Å². The Balaban J connectivity index is 2.00. The van der Waals surface area contributed by atoms with Crippen LogP contribution in [-0.4, -0.2) is 48.9 Å². The van der Waals surface area contributed by atoms with E-state index in [-0.39, 0.29) is 18.1 Å².